The van der Waals surface area contributed by atoms with Gasteiger partial charge in [0.1, 0.15) is 0 Å². The molecule has 1 amide bonds. The minimum atomic E-state index is -0.0354. The first-order valence-corrected chi connectivity index (χ1v) is 10.1. The van der Waals surface area contributed by atoms with Gasteiger partial charge in [-0.2, -0.15) is 10.2 Å². The molecule has 0 spiro atoms. The second-order valence-electron chi connectivity index (χ2n) is 6.66. The van der Waals surface area contributed by atoms with Crippen LogP contribution >= 0.6 is 11.3 Å². The van der Waals surface area contributed by atoms with E-state index in [0.717, 1.165) is 34.8 Å². The van der Waals surface area contributed by atoms with E-state index in [1.54, 1.807) is 11.3 Å². The van der Waals surface area contributed by atoms with Crippen molar-refractivity contribution in [2.45, 2.75) is 32.1 Å². The minimum absolute atomic E-state index is 0.0354. The van der Waals surface area contributed by atoms with Crippen LogP contribution in [0.1, 0.15) is 39.4 Å². The molecule has 2 aromatic carbocycles. The van der Waals surface area contributed by atoms with Crippen LogP contribution in [0.2, 0.25) is 0 Å². The number of thiophene rings is 1. The van der Waals surface area contributed by atoms with Gasteiger partial charge in [-0.15, -0.1) is 11.3 Å². The predicted molar refractivity (Wildman–Crippen MR) is 111 cm³/mol. The van der Waals surface area contributed by atoms with E-state index in [1.807, 2.05) is 54.6 Å². The fourth-order valence-corrected chi connectivity index (χ4v) is 4.34. The summed E-state index contributed by atoms with van der Waals surface area (Å²) >= 11 is 1.64. The summed E-state index contributed by atoms with van der Waals surface area (Å²) in [4.78, 5) is 14.8. The van der Waals surface area contributed by atoms with Gasteiger partial charge < -0.3 is 5.32 Å². The molecule has 0 saturated carbocycles. The Labute approximate surface area is 163 Å². The van der Waals surface area contributed by atoms with Gasteiger partial charge >= 0.3 is 0 Å². The molecule has 1 heterocycles. The van der Waals surface area contributed by atoms with E-state index in [-0.39, 0.29) is 5.91 Å². The summed E-state index contributed by atoms with van der Waals surface area (Å²) in [5, 5.41) is 11.4. The van der Waals surface area contributed by atoms with Crippen molar-refractivity contribution in [3.8, 4) is 0 Å². The number of nitrogens with one attached hydrogen (secondary N) is 1. The van der Waals surface area contributed by atoms with Crippen molar-refractivity contribution in [1.29, 1.82) is 0 Å². The van der Waals surface area contributed by atoms with E-state index in [0.29, 0.717) is 0 Å². The summed E-state index contributed by atoms with van der Waals surface area (Å²) in [7, 11) is 0. The van der Waals surface area contributed by atoms with Crippen molar-refractivity contribution in [3.05, 3.63) is 76.0 Å². The lowest BCUT2D eigenvalue weighted by Gasteiger charge is -2.03. The number of benzene rings is 2. The molecule has 0 saturated heterocycles. The molecular formula is C22H21N3OS. The Hall–Kier alpha value is -2.79. The summed E-state index contributed by atoms with van der Waals surface area (Å²) in [6.45, 7) is 0. The number of fused-ring (bicyclic) bond motifs is 1. The SMILES string of the molecule is O=C(Nc1ccc(N=Nc2ccccc2)cc1)c1cc2c(s1)CCCCC2. The third-order valence-electron chi connectivity index (χ3n) is 4.63. The van der Waals surface area contributed by atoms with E-state index in [4.69, 9.17) is 0 Å². The largest absolute Gasteiger partial charge is 0.321 e. The van der Waals surface area contributed by atoms with Crippen molar-refractivity contribution in [2.75, 3.05) is 5.32 Å². The normalized spacial score (nSPS) is 13.9. The first-order valence-electron chi connectivity index (χ1n) is 9.28. The molecule has 0 aliphatic heterocycles. The highest BCUT2D eigenvalue weighted by Gasteiger charge is 2.16. The van der Waals surface area contributed by atoms with E-state index in [9.17, 15) is 4.79 Å². The zero-order valence-electron chi connectivity index (χ0n) is 15.0. The first kappa shape index (κ1) is 17.6. The van der Waals surface area contributed by atoms with Crippen LogP contribution in [0.5, 0.6) is 0 Å². The Morgan fingerprint density at radius 1 is 0.852 bits per heavy atom. The lowest BCUT2D eigenvalue weighted by Crippen LogP contribution is -2.09. The van der Waals surface area contributed by atoms with Crippen LogP contribution in [0.3, 0.4) is 0 Å². The van der Waals surface area contributed by atoms with Crippen LogP contribution in [0.4, 0.5) is 17.1 Å². The van der Waals surface area contributed by atoms with E-state index in [1.165, 1.54) is 29.7 Å². The highest BCUT2D eigenvalue weighted by molar-refractivity contribution is 7.14. The summed E-state index contributed by atoms with van der Waals surface area (Å²) in [5.74, 6) is -0.0354. The molecule has 1 aromatic heterocycles. The van der Waals surface area contributed by atoms with Gasteiger partial charge in [0.15, 0.2) is 0 Å². The summed E-state index contributed by atoms with van der Waals surface area (Å²) in [6, 6.07) is 19.1. The van der Waals surface area contributed by atoms with Gasteiger partial charge in [0.05, 0.1) is 16.3 Å². The number of nitrogens with zero attached hydrogens (tertiary/aromatic N) is 2. The first-order chi connectivity index (χ1) is 13.3. The summed E-state index contributed by atoms with van der Waals surface area (Å²) in [5.41, 5.74) is 3.69. The monoisotopic (exact) mass is 375 g/mol. The van der Waals surface area contributed by atoms with Crippen LogP contribution in [0.25, 0.3) is 0 Å². The van der Waals surface area contributed by atoms with Gasteiger partial charge in [0.2, 0.25) is 0 Å². The number of carbonyl (C=O) groups is 1. The van der Waals surface area contributed by atoms with Crippen molar-refractivity contribution in [2.24, 2.45) is 10.2 Å². The van der Waals surface area contributed by atoms with Crippen LogP contribution in [-0.4, -0.2) is 5.91 Å². The van der Waals surface area contributed by atoms with Crippen LogP contribution < -0.4 is 5.32 Å². The number of azo groups is 1. The fourth-order valence-electron chi connectivity index (χ4n) is 3.19. The van der Waals surface area contributed by atoms with Crippen molar-refractivity contribution < 1.29 is 4.79 Å². The molecular weight excluding hydrogens is 354 g/mol. The van der Waals surface area contributed by atoms with Crippen molar-refractivity contribution >= 4 is 34.3 Å². The predicted octanol–water partition coefficient (Wildman–Crippen LogP) is 6.68. The number of aryl methyl sites for hydroxylation is 2. The number of rotatable bonds is 4. The second kappa shape index (κ2) is 8.27. The third-order valence-corrected chi connectivity index (χ3v) is 5.87. The highest BCUT2D eigenvalue weighted by atomic mass is 32.1. The van der Waals surface area contributed by atoms with E-state index >= 15 is 0 Å². The Morgan fingerprint density at radius 3 is 2.33 bits per heavy atom. The molecule has 1 aliphatic carbocycles. The molecule has 0 bridgehead atoms. The molecule has 1 aliphatic rings. The van der Waals surface area contributed by atoms with Gasteiger partial charge in [0.25, 0.3) is 5.91 Å². The zero-order valence-corrected chi connectivity index (χ0v) is 15.8. The van der Waals surface area contributed by atoms with Crippen LogP contribution in [0.15, 0.2) is 70.9 Å². The molecule has 4 nitrogen and oxygen atoms in total. The van der Waals surface area contributed by atoms with Crippen LogP contribution in [-0.2, 0) is 12.8 Å². The molecule has 0 atom stereocenters. The molecule has 5 heteroatoms. The minimum Gasteiger partial charge on any atom is -0.321 e. The average Bonchev–Trinajstić information content (AvgIpc) is 2.99. The second-order valence-corrected chi connectivity index (χ2v) is 7.79. The Morgan fingerprint density at radius 2 is 1.56 bits per heavy atom. The lowest BCUT2D eigenvalue weighted by atomic mass is 10.1. The van der Waals surface area contributed by atoms with E-state index in [2.05, 4.69) is 21.6 Å². The molecule has 1 N–H and O–H groups in total. The Bertz CT molecular complexity index is 922. The van der Waals surface area contributed by atoms with Crippen molar-refractivity contribution in [1.82, 2.24) is 0 Å². The summed E-state index contributed by atoms with van der Waals surface area (Å²) in [6.07, 6.45) is 5.95. The van der Waals surface area contributed by atoms with Gasteiger partial charge in [-0.25, -0.2) is 0 Å². The number of carbonyl (C=O) groups excluding carboxylic acids is 1. The average molecular weight is 375 g/mol. The molecule has 0 fully saturated rings. The fraction of sp³-hybridized carbons (Fsp3) is 0.227. The molecule has 0 radical (unpaired) electrons. The van der Waals surface area contributed by atoms with Gasteiger partial charge in [-0.05, 0) is 73.7 Å². The molecule has 136 valence electrons. The number of hydrogen-bond donors (Lipinski definition) is 1. The molecule has 27 heavy (non-hydrogen) atoms. The topological polar surface area (TPSA) is 53.8 Å². The highest BCUT2D eigenvalue weighted by Crippen LogP contribution is 2.29. The number of anilines is 1. The maximum Gasteiger partial charge on any atom is 0.265 e. The Kier molecular flexibility index (Phi) is 5.39. The zero-order chi connectivity index (χ0) is 18.5. The maximum atomic E-state index is 12.6. The van der Waals surface area contributed by atoms with Gasteiger partial charge in [-0.1, -0.05) is 24.6 Å². The summed E-state index contributed by atoms with van der Waals surface area (Å²) < 4.78 is 0. The van der Waals surface area contributed by atoms with Gasteiger partial charge in [0, 0.05) is 10.6 Å². The Balaban J connectivity index is 1.41. The third kappa shape index (κ3) is 4.49. The number of hydrogen-bond acceptors (Lipinski definition) is 4. The quantitative estimate of drug-likeness (QED) is 0.401. The molecule has 3 aromatic rings. The van der Waals surface area contributed by atoms with Crippen molar-refractivity contribution in [3.63, 3.8) is 0 Å². The molecule has 0 unspecified atom stereocenters. The van der Waals surface area contributed by atoms with E-state index < -0.39 is 0 Å². The van der Waals surface area contributed by atoms with Crippen LogP contribution in [0, 0.1) is 0 Å². The number of amides is 1. The lowest BCUT2D eigenvalue weighted by molar-refractivity contribution is 0.103. The van der Waals surface area contributed by atoms with Gasteiger partial charge in [-0.3, -0.25) is 4.79 Å². The smallest absolute Gasteiger partial charge is 0.265 e. The molecule has 4 rings (SSSR count). The standard InChI is InChI=1S/C22H21N3OS/c26-22(21-15-16-7-3-1-6-10-20(16)27-21)23-17-11-13-19(14-12-17)25-24-18-8-4-2-5-9-18/h2,4-5,8-9,11-15H,1,3,6-7,10H2,(H,23,26). The maximum absolute atomic E-state index is 12.6.